The van der Waals surface area contributed by atoms with Gasteiger partial charge in [-0.2, -0.15) is 15.0 Å². The second-order valence-corrected chi connectivity index (χ2v) is 9.27. The van der Waals surface area contributed by atoms with Crippen LogP contribution in [0.4, 0.5) is 29.0 Å². The first-order valence-electron chi connectivity index (χ1n) is 13.4. The maximum absolute atomic E-state index is 9.47. The standard InChI is InChI=1S/C30H34N6O5/c1-38-26-6-4-3-5-25(26)31-23-9-11-24(12-10-23)32-28-33-29(36-14-17-40-18-15-36)35-30(34-28)41-16-13-21-7-8-22(20-37)27(19-21)39-2/h3-12,19,31,37H,13-18,20H2,1-2H3,(H,32,33,34,35). The maximum atomic E-state index is 9.47. The largest absolute Gasteiger partial charge is 0.496 e. The molecule has 1 aromatic heterocycles. The number of hydrogen-bond acceptors (Lipinski definition) is 11. The quantitative estimate of drug-likeness (QED) is 0.230. The summed E-state index contributed by atoms with van der Waals surface area (Å²) in [6.07, 6.45) is 0.615. The molecule has 0 unspecified atom stereocenters. The van der Waals surface area contributed by atoms with Gasteiger partial charge in [0.15, 0.2) is 0 Å². The van der Waals surface area contributed by atoms with E-state index in [0.29, 0.717) is 57.0 Å². The molecule has 0 aliphatic carbocycles. The lowest BCUT2D eigenvalue weighted by Crippen LogP contribution is -2.37. The lowest BCUT2D eigenvalue weighted by Gasteiger charge is -2.27. The number of nitrogens with zero attached hydrogens (tertiary/aromatic N) is 4. The first-order chi connectivity index (χ1) is 20.1. The van der Waals surface area contributed by atoms with Crippen molar-refractivity contribution < 1.29 is 24.1 Å². The molecule has 0 amide bonds. The van der Waals surface area contributed by atoms with E-state index in [1.54, 1.807) is 14.2 Å². The fourth-order valence-corrected chi connectivity index (χ4v) is 4.38. The third kappa shape index (κ3) is 7.33. The first kappa shape index (κ1) is 27.9. The van der Waals surface area contributed by atoms with E-state index in [2.05, 4.69) is 30.5 Å². The predicted molar refractivity (Wildman–Crippen MR) is 157 cm³/mol. The van der Waals surface area contributed by atoms with E-state index in [-0.39, 0.29) is 12.6 Å². The van der Waals surface area contributed by atoms with Crippen LogP contribution in [0.2, 0.25) is 0 Å². The predicted octanol–water partition coefficient (Wildman–Crippen LogP) is 4.33. The summed E-state index contributed by atoms with van der Waals surface area (Å²) in [5.74, 6) is 2.33. The Hall–Kier alpha value is -4.61. The maximum Gasteiger partial charge on any atom is 0.323 e. The van der Waals surface area contributed by atoms with Crippen LogP contribution in [-0.2, 0) is 17.8 Å². The van der Waals surface area contributed by atoms with Crippen LogP contribution in [0.15, 0.2) is 66.7 Å². The summed E-state index contributed by atoms with van der Waals surface area (Å²) in [4.78, 5) is 15.8. The summed E-state index contributed by atoms with van der Waals surface area (Å²) in [7, 11) is 3.24. The van der Waals surface area contributed by atoms with Gasteiger partial charge in [-0.1, -0.05) is 24.3 Å². The van der Waals surface area contributed by atoms with Crippen LogP contribution in [0.3, 0.4) is 0 Å². The van der Waals surface area contributed by atoms with E-state index in [4.69, 9.17) is 18.9 Å². The third-order valence-electron chi connectivity index (χ3n) is 6.57. The van der Waals surface area contributed by atoms with Crippen LogP contribution in [0.25, 0.3) is 0 Å². The van der Waals surface area contributed by atoms with Gasteiger partial charge in [-0.3, -0.25) is 0 Å². The molecule has 1 saturated heterocycles. The van der Waals surface area contributed by atoms with Crippen molar-refractivity contribution in [3.05, 3.63) is 77.9 Å². The molecule has 0 atom stereocenters. The van der Waals surface area contributed by atoms with E-state index in [9.17, 15) is 5.11 Å². The number of anilines is 5. The SMILES string of the molecule is COc1cc(CCOc2nc(Nc3ccc(Nc4ccccc4OC)cc3)nc(N3CCOCC3)n2)ccc1CO. The summed E-state index contributed by atoms with van der Waals surface area (Å²) in [5, 5.41) is 16.1. The van der Waals surface area contributed by atoms with Crippen molar-refractivity contribution in [2.45, 2.75) is 13.0 Å². The van der Waals surface area contributed by atoms with Gasteiger partial charge >= 0.3 is 6.01 Å². The lowest BCUT2D eigenvalue weighted by atomic mass is 10.1. The van der Waals surface area contributed by atoms with Crippen molar-refractivity contribution in [3.63, 3.8) is 0 Å². The molecule has 0 bridgehead atoms. The molecule has 1 fully saturated rings. The highest BCUT2D eigenvalue weighted by molar-refractivity contribution is 5.68. The molecule has 5 rings (SSSR count). The highest BCUT2D eigenvalue weighted by atomic mass is 16.5. The highest BCUT2D eigenvalue weighted by Crippen LogP contribution is 2.28. The zero-order valence-corrected chi connectivity index (χ0v) is 23.2. The van der Waals surface area contributed by atoms with Crippen LogP contribution in [0.1, 0.15) is 11.1 Å². The molecule has 41 heavy (non-hydrogen) atoms. The van der Waals surface area contributed by atoms with Gasteiger partial charge in [0.25, 0.3) is 0 Å². The summed E-state index contributed by atoms with van der Waals surface area (Å²) in [6, 6.07) is 21.5. The number of nitrogens with one attached hydrogen (secondary N) is 2. The Morgan fingerprint density at radius 2 is 1.59 bits per heavy atom. The Bertz CT molecular complexity index is 1430. The third-order valence-corrected chi connectivity index (χ3v) is 6.57. The minimum Gasteiger partial charge on any atom is -0.496 e. The van der Waals surface area contributed by atoms with E-state index < -0.39 is 0 Å². The summed E-state index contributed by atoms with van der Waals surface area (Å²) in [6.45, 7) is 2.86. The van der Waals surface area contributed by atoms with Crippen LogP contribution in [0.5, 0.6) is 17.5 Å². The Morgan fingerprint density at radius 3 is 2.32 bits per heavy atom. The van der Waals surface area contributed by atoms with Crippen LogP contribution in [-0.4, -0.2) is 67.2 Å². The van der Waals surface area contributed by atoms with Gasteiger partial charge in [0, 0.05) is 36.4 Å². The monoisotopic (exact) mass is 558 g/mol. The number of ether oxygens (including phenoxy) is 4. The van der Waals surface area contributed by atoms with Crippen LogP contribution < -0.4 is 29.7 Å². The summed E-state index contributed by atoms with van der Waals surface area (Å²) >= 11 is 0. The van der Waals surface area contributed by atoms with Crippen molar-refractivity contribution in [3.8, 4) is 17.5 Å². The molecule has 0 radical (unpaired) electrons. The van der Waals surface area contributed by atoms with Crippen LogP contribution >= 0.6 is 0 Å². The van der Waals surface area contributed by atoms with Gasteiger partial charge in [0.1, 0.15) is 11.5 Å². The second-order valence-electron chi connectivity index (χ2n) is 9.27. The van der Waals surface area contributed by atoms with Crippen molar-refractivity contribution in [2.24, 2.45) is 0 Å². The van der Waals surface area contributed by atoms with Crippen molar-refractivity contribution >= 4 is 29.0 Å². The fourth-order valence-electron chi connectivity index (χ4n) is 4.38. The van der Waals surface area contributed by atoms with Crippen LogP contribution in [0, 0.1) is 0 Å². The Morgan fingerprint density at radius 1 is 0.854 bits per heavy atom. The minimum atomic E-state index is -0.0775. The number of aliphatic hydroxyl groups excluding tert-OH is 1. The minimum absolute atomic E-state index is 0.0775. The number of morpholine rings is 1. The number of para-hydroxylation sites is 2. The molecule has 3 N–H and O–H groups in total. The fraction of sp³-hybridized carbons (Fsp3) is 0.300. The van der Waals surface area contributed by atoms with E-state index >= 15 is 0 Å². The average molecular weight is 559 g/mol. The summed E-state index contributed by atoms with van der Waals surface area (Å²) in [5.41, 5.74) is 4.37. The molecule has 214 valence electrons. The Labute approximate surface area is 239 Å². The van der Waals surface area contributed by atoms with Gasteiger partial charge in [-0.15, -0.1) is 0 Å². The number of methoxy groups -OCH3 is 2. The molecule has 11 heteroatoms. The second kappa shape index (κ2) is 13.6. The molecule has 1 aliphatic rings. The van der Waals surface area contributed by atoms with E-state index in [1.807, 2.05) is 66.7 Å². The number of hydrogen-bond donors (Lipinski definition) is 3. The topological polar surface area (TPSA) is 123 Å². The van der Waals surface area contributed by atoms with Crippen molar-refractivity contribution in [2.75, 3.05) is 62.7 Å². The Balaban J connectivity index is 1.29. The Kier molecular flexibility index (Phi) is 9.30. The molecule has 3 aromatic carbocycles. The number of aliphatic hydroxyl groups is 1. The highest BCUT2D eigenvalue weighted by Gasteiger charge is 2.17. The molecule has 1 aliphatic heterocycles. The van der Waals surface area contributed by atoms with Crippen molar-refractivity contribution in [1.82, 2.24) is 15.0 Å². The molecule has 4 aromatic rings. The molecule has 0 saturated carbocycles. The molecule has 2 heterocycles. The first-order valence-corrected chi connectivity index (χ1v) is 13.4. The normalized spacial score (nSPS) is 13.0. The van der Waals surface area contributed by atoms with Gasteiger partial charge < -0.3 is 39.6 Å². The number of aromatic nitrogens is 3. The zero-order valence-electron chi connectivity index (χ0n) is 23.2. The summed E-state index contributed by atoms with van der Waals surface area (Å²) < 4.78 is 22.3. The van der Waals surface area contributed by atoms with E-state index in [1.165, 1.54) is 0 Å². The van der Waals surface area contributed by atoms with Gasteiger partial charge in [-0.05, 0) is 48.0 Å². The number of rotatable bonds is 12. The van der Waals surface area contributed by atoms with E-state index in [0.717, 1.165) is 33.9 Å². The molecule has 11 nitrogen and oxygen atoms in total. The lowest BCUT2D eigenvalue weighted by molar-refractivity contribution is 0.122. The molecular formula is C30H34N6O5. The number of benzene rings is 3. The van der Waals surface area contributed by atoms with Gasteiger partial charge in [0.2, 0.25) is 11.9 Å². The molecule has 0 spiro atoms. The molecular weight excluding hydrogens is 524 g/mol. The smallest absolute Gasteiger partial charge is 0.323 e. The van der Waals surface area contributed by atoms with Gasteiger partial charge in [-0.25, -0.2) is 0 Å². The zero-order chi connectivity index (χ0) is 28.4. The van der Waals surface area contributed by atoms with Gasteiger partial charge in [0.05, 0.1) is 46.3 Å². The van der Waals surface area contributed by atoms with Crippen molar-refractivity contribution in [1.29, 1.82) is 0 Å². The average Bonchev–Trinajstić information content (AvgIpc) is 3.02.